The third kappa shape index (κ3) is 4.86. The zero-order valence-electron chi connectivity index (χ0n) is 15.9. The Kier molecular flexibility index (Phi) is 6.60. The lowest BCUT2D eigenvalue weighted by Crippen LogP contribution is -2.21. The Balaban J connectivity index is 1.89. The van der Waals surface area contributed by atoms with E-state index < -0.39 is 0 Å². The number of para-hydroxylation sites is 1. The van der Waals surface area contributed by atoms with E-state index in [9.17, 15) is 9.59 Å². The van der Waals surface area contributed by atoms with E-state index in [1.807, 2.05) is 34.9 Å². The fourth-order valence-corrected chi connectivity index (χ4v) is 3.88. The molecule has 146 valence electrons. The van der Waals surface area contributed by atoms with Crippen molar-refractivity contribution in [3.63, 3.8) is 0 Å². The van der Waals surface area contributed by atoms with E-state index >= 15 is 0 Å². The molecule has 0 N–H and O–H groups in total. The van der Waals surface area contributed by atoms with Gasteiger partial charge in [-0.05, 0) is 36.2 Å². The highest BCUT2D eigenvalue weighted by Crippen LogP contribution is 2.20. The number of carbonyl (C=O) groups excluding carboxylic acids is 2. The summed E-state index contributed by atoms with van der Waals surface area (Å²) in [6.45, 7) is 2.34. The highest BCUT2D eigenvalue weighted by molar-refractivity contribution is 7.16. The molecule has 1 heterocycles. The molecular weight excluding hydrogens is 376 g/mol. The average Bonchev–Trinajstić information content (AvgIpc) is 3.07. The summed E-state index contributed by atoms with van der Waals surface area (Å²) in [5.41, 5.74) is 2.15. The highest BCUT2D eigenvalue weighted by Gasteiger charge is 2.11. The topological polar surface area (TPSA) is 69.9 Å². The standard InChI is InChI=1S/C21H22N2O4S/c1-3-15-9-10-17-18(13-15)28-21(23(17)12-11-20(25)26-2)22-19(24)14-27-16-7-5-4-6-8-16/h4-10,13H,3,11-12,14H2,1-2H3. The van der Waals surface area contributed by atoms with Crippen molar-refractivity contribution in [1.82, 2.24) is 4.57 Å². The number of methoxy groups -OCH3 is 1. The molecule has 0 atom stereocenters. The Bertz CT molecular complexity index is 1040. The van der Waals surface area contributed by atoms with Gasteiger partial charge in [-0.1, -0.05) is 42.5 Å². The number of benzene rings is 2. The number of aryl methyl sites for hydroxylation is 2. The van der Waals surface area contributed by atoms with Crippen LogP contribution >= 0.6 is 11.3 Å². The van der Waals surface area contributed by atoms with Crippen molar-refractivity contribution in [1.29, 1.82) is 0 Å². The number of amides is 1. The Morgan fingerprint density at radius 3 is 2.64 bits per heavy atom. The van der Waals surface area contributed by atoms with Crippen molar-refractivity contribution in [3.8, 4) is 5.75 Å². The van der Waals surface area contributed by atoms with Gasteiger partial charge in [0.15, 0.2) is 11.4 Å². The van der Waals surface area contributed by atoms with Crippen LogP contribution in [0.2, 0.25) is 0 Å². The molecule has 0 unspecified atom stereocenters. The minimum atomic E-state index is -0.377. The Morgan fingerprint density at radius 1 is 1.14 bits per heavy atom. The number of hydrogen-bond acceptors (Lipinski definition) is 5. The van der Waals surface area contributed by atoms with Crippen LogP contribution in [0.15, 0.2) is 53.5 Å². The van der Waals surface area contributed by atoms with Crippen molar-refractivity contribution in [2.24, 2.45) is 4.99 Å². The Morgan fingerprint density at radius 2 is 1.93 bits per heavy atom. The third-order valence-corrected chi connectivity index (χ3v) is 5.29. The SMILES string of the molecule is CCc1ccc2c(c1)sc(=NC(=O)COc1ccccc1)n2CCC(=O)OC. The van der Waals surface area contributed by atoms with Gasteiger partial charge in [-0.15, -0.1) is 0 Å². The monoisotopic (exact) mass is 398 g/mol. The van der Waals surface area contributed by atoms with Crippen LogP contribution in [0.4, 0.5) is 0 Å². The van der Waals surface area contributed by atoms with Crippen molar-refractivity contribution >= 4 is 33.4 Å². The van der Waals surface area contributed by atoms with Gasteiger partial charge < -0.3 is 14.0 Å². The Hall–Kier alpha value is -2.93. The molecule has 0 bridgehead atoms. The molecule has 1 amide bonds. The van der Waals surface area contributed by atoms with Gasteiger partial charge in [-0.3, -0.25) is 9.59 Å². The molecule has 1 aromatic heterocycles. The number of carbonyl (C=O) groups is 2. The minimum Gasteiger partial charge on any atom is -0.484 e. The first-order valence-electron chi connectivity index (χ1n) is 9.05. The van der Waals surface area contributed by atoms with Crippen molar-refractivity contribution in [2.75, 3.05) is 13.7 Å². The second kappa shape index (κ2) is 9.32. The van der Waals surface area contributed by atoms with Crippen molar-refractivity contribution < 1.29 is 19.1 Å². The van der Waals surface area contributed by atoms with E-state index in [-0.39, 0.29) is 24.9 Å². The van der Waals surface area contributed by atoms with Gasteiger partial charge in [0, 0.05) is 6.54 Å². The first-order chi connectivity index (χ1) is 13.6. The maximum Gasteiger partial charge on any atom is 0.307 e. The quantitative estimate of drug-likeness (QED) is 0.573. The highest BCUT2D eigenvalue weighted by atomic mass is 32.1. The molecule has 0 fully saturated rings. The summed E-state index contributed by atoms with van der Waals surface area (Å²) in [6.07, 6.45) is 1.13. The van der Waals surface area contributed by atoms with Crippen molar-refractivity contribution in [2.45, 2.75) is 26.3 Å². The number of hydrogen-bond donors (Lipinski definition) is 0. The molecule has 0 saturated heterocycles. The second-order valence-electron chi connectivity index (χ2n) is 6.13. The smallest absolute Gasteiger partial charge is 0.307 e. The molecule has 3 aromatic rings. The summed E-state index contributed by atoms with van der Waals surface area (Å²) < 4.78 is 13.1. The largest absolute Gasteiger partial charge is 0.484 e. The molecular formula is C21H22N2O4S. The van der Waals surface area contributed by atoms with Crippen LogP contribution in [0.5, 0.6) is 5.75 Å². The van der Waals surface area contributed by atoms with Crippen LogP contribution in [-0.2, 0) is 27.3 Å². The first-order valence-corrected chi connectivity index (χ1v) is 9.87. The molecule has 0 saturated carbocycles. The third-order valence-electron chi connectivity index (χ3n) is 4.25. The molecule has 0 spiro atoms. The molecule has 0 aliphatic carbocycles. The number of rotatable bonds is 7. The maximum atomic E-state index is 12.3. The van der Waals surface area contributed by atoms with Gasteiger partial charge in [-0.25, -0.2) is 0 Å². The number of esters is 1. The zero-order valence-corrected chi connectivity index (χ0v) is 16.7. The molecule has 6 nitrogen and oxygen atoms in total. The van der Waals surface area contributed by atoms with E-state index in [2.05, 4.69) is 18.0 Å². The number of thiazole rings is 1. The lowest BCUT2D eigenvalue weighted by atomic mass is 10.2. The lowest BCUT2D eigenvalue weighted by Gasteiger charge is -2.05. The molecule has 0 radical (unpaired) electrons. The summed E-state index contributed by atoms with van der Waals surface area (Å²) >= 11 is 1.43. The number of aromatic nitrogens is 1. The van der Waals surface area contributed by atoms with Crippen LogP contribution in [0.1, 0.15) is 18.9 Å². The minimum absolute atomic E-state index is 0.143. The van der Waals surface area contributed by atoms with Crippen molar-refractivity contribution in [3.05, 3.63) is 58.9 Å². The van der Waals surface area contributed by atoms with Crippen LogP contribution < -0.4 is 9.54 Å². The van der Waals surface area contributed by atoms with Crippen LogP contribution in [-0.4, -0.2) is 30.2 Å². The predicted molar refractivity (Wildman–Crippen MR) is 108 cm³/mol. The molecule has 0 aliphatic rings. The molecule has 28 heavy (non-hydrogen) atoms. The van der Waals surface area contributed by atoms with Gasteiger partial charge in [0.25, 0.3) is 5.91 Å². The number of nitrogens with zero attached hydrogens (tertiary/aromatic N) is 2. The Labute approximate surface area is 167 Å². The molecule has 3 rings (SSSR count). The van der Waals surface area contributed by atoms with E-state index in [4.69, 9.17) is 9.47 Å². The van der Waals surface area contributed by atoms with Gasteiger partial charge in [-0.2, -0.15) is 4.99 Å². The fraction of sp³-hybridized carbons (Fsp3) is 0.286. The zero-order chi connectivity index (χ0) is 19.9. The number of ether oxygens (including phenoxy) is 2. The normalized spacial score (nSPS) is 11.6. The van der Waals surface area contributed by atoms with E-state index in [0.29, 0.717) is 17.1 Å². The average molecular weight is 398 g/mol. The second-order valence-corrected chi connectivity index (χ2v) is 7.13. The van der Waals surface area contributed by atoms with Gasteiger partial charge >= 0.3 is 5.97 Å². The van der Waals surface area contributed by atoms with Gasteiger partial charge in [0.05, 0.1) is 23.7 Å². The van der Waals surface area contributed by atoms with Gasteiger partial charge in [0.2, 0.25) is 0 Å². The van der Waals surface area contributed by atoms with Crippen LogP contribution in [0.25, 0.3) is 10.2 Å². The summed E-state index contributed by atoms with van der Waals surface area (Å²) in [5, 5.41) is 0. The van der Waals surface area contributed by atoms with Crippen LogP contribution in [0.3, 0.4) is 0 Å². The van der Waals surface area contributed by atoms with E-state index in [0.717, 1.165) is 16.6 Å². The van der Waals surface area contributed by atoms with Gasteiger partial charge in [0.1, 0.15) is 5.75 Å². The summed E-state index contributed by atoms with van der Waals surface area (Å²) in [7, 11) is 1.36. The first kappa shape index (κ1) is 19.8. The summed E-state index contributed by atoms with van der Waals surface area (Å²) in [6, 6.07) is 15.3. The summed E-state index contributed by atoms with van der Waals surface area (Å²) in [4.78, 5) is 28.7. The van der Waals surface area contributed by atoms with E-state index in [1.165, 1.54) is 24.0 Å². The predicted octanol–water partition coefficient (Wildman–Crippen LogP) is 3.33. The molecule has 7 heteroatoms. The summed E-state index contributed by atoms with van der Waals surface area (Å²) in [5.74, 6) is -0.0618. The van der Waals surface area contributed by atoms with Crippen LogP contribution in [0, 0.1) is 0 Å². The maximum absolute atomic E-state index is 12.3. The fourth-order valence-electron chi connectivity index (χ4n) is 2.74. The molecule has 2 aromatic carbocycles. The van der Waals surface area contributed by atoms with E-state index in [1.54, 1.807) is 12.1 Å². The molecule has 0 aliphatic heterocycles. The lowest BCUT2D eigenvalue weighted by molar-refractivity contribution is -0.140. The number of fused-ring (bicyclic) bond motifs is 1.